The molecule has 0 unspecified atom stereocenters. The molecule has 0 aliphatic carbocycles. The number of amides is 1. The Morgan fingerprint density at radius 1 is 0.865 bits per heavy atom. The molecule has 190 valence electrons. The minimum atomic E-state index is -0.424. The predicted octanol–water partition coefficient (Wildman–Crippen LogP) is 4.98. The second kappa shape index (κ2) is 11.7. The number of fused-ring (bicyclic) bond motifs is 1. The van der Waals surface area contributed by atoms with E-state index in [-0.39, 0.29) is 11.9 Å². The Kier molecular flexibility index (Phi) is 7.93. The van der Waals surface area contributed by atoms with E-state index in [0.29, 0.717) is 11.1 Å². The number of nitrogens with one attached hydrogen (secondary N) is 1. The molecule has 0 bridgehead atoms. The van der Waals surface area contributed by atoms with E-state index < -0.39 is 6.67 Å². The van der Waals surface area contributed by atoms with Gasteiger partial charge in [0.1, 0.15) is 6.67 Å². The van der Waals surface area contributed by atoms with Crippen LogP contribution < -0.4 is 5.32 Å². The molecule has 2 heterocycles. The average molecular weight is 497 g/mol. The number of hydrogen-bond acceptors (Lipinski definition) is 4. The van der Waals surface area contributed by atoms with Gasteiger partial charge in [0.2, 0.25) is 0 Å². The Hall–Kier alpha value is -3.53. The molecule has 1 saturated heterocycles. The molecular weight excluding hydrogens is 463 g/mol. The lowest BCUT2D eigenvalue weighted by molar-refractivity contribution is 0.0908. The lowest BCUT2D eigenvalue weighted by Crippen LogP contribution is -2.44. The average Bonchev–Trinajstić information content (AvgIpc) is 2.94. The van der Waals surface area contributed by atoms with Gasteiger partial charge in [-0.3, -0.25) is 14.6 Å². The Morgan fingerprint density at radius 3 is 2.19 bits per heavy atom. The van der Waals surface area contributed by atoms with Crippen LogP contribution in [-0.2, 0) is 32.7 Å². The van der Waals surface area contributed by atoms with Crippen LogP contribution in [0.4, 0.5) is 4.39 Å². The molecule has 0 saturated carbocycles. The third-order valence-corrected chi connectivity index (χ3v) is 7.56. The van der Waals surface area contributed by atoms with E-state index in [1.807, 2.05) is 54.6 Å². The highest BCUT2D eigenvalue weighted by atomic mass is 19.1. The number of halogens is 1. The highest BCUT2D eigenvalue weighted by Gasteiger charge is 2.23. The molecule has 0 spiro atoms. The highest BCUT2D eigenvalue weighted by molar-refractivity contribution is 5.94. The van der Waals surface area contributed by atoms with Gasteiger partial charge in [-0.15, -0.1) is 0 Å². The van der Waals surface area contributed by atoms with Crippen molar-refractivity contribution >= 4 is 5.91 Å². The van der Waals surface area contributed by atoms with Gasteiger partial charge in [-0.25, -0.2) is 4.39 Å². The van der Waals surface area contributed by atoms with Crippen molar-refractivity contribution in [2.24, 2.45) is 0 Å². The molecule has 6 heteroatoms. The molecule has 1 amide bonds. The highest BCUT2D eigenvalue weighted by Crippen LogP contribution is 2.23. The van der Waals surface area contributed by atoms with Crippen molar-refractivity contribution in [3.63, 3.8) is 0 Å². The molecule has 37 heavy (non-hydrogen) atoms. The summed E-state index contributed by atoms with van der Waals surface area (Å²) in [6.07, 6.45) is 2.83. The van der Waals surface area contributed by atoms with Crippen LogP contribution in [-0.4, -0.2) is 41.4 Å². The molecule has 0 atom stereocenters. The number of rotatable bonds is 7. The number of alkyl halides is 1. The van der Waals surface area contributed by atoms with Crippen LogP contribution in [0.1, 0.15) is 56.6 Å². The Labute approximate surface area is 218 Å². The summed E-state index contributed by atoms with van der Waals surface area (Å²) in [5, 5.41) is 12.3. The number of nitriles is 1. The molecule has 2 aliphatic heterocycles. The van der Waals surface area contributed by atoms with E-state index >= 15 is 0 Å². The molecular formula is C31H33FN4O. The number of benzene rings is 3. The number of carbonyl (C=O) groups is 1. The van der Waals surface area contributed by atoms with Gasteiger partial charge in [-0.1, -0.05) is 42.5 Å². The van der Waals surface area contributed by atoms with E-state index in [2.05, 4.69) is 33.3 Å². The zero-order valence-electron chi connectivity index (χ0n) is 21.1. The zero-order chi connectivity index (χ0) is 25.6. The number of piperidine rings is 1. The Balaban J connectivity index is 1.12. The maximum absolute atomic E-state index is 13.1. The largest absolute Gasteiger partial charge is 0.349 e. The lowest BCUT2D eigenvalue weighted by atomic mass is 9.96. The smallest absolute Gasteiger partial charge is 0.251 e. The van der Waals surface area contributed by atoms with Crippen LogP contribution in [0.2, 0.25) is 0 Å². The molecule has 5 nitrogen and oxygen atoms in total. The summed E-state index contributed by atoms with van der Waals surface area (Å²) in [5.41, 5.74) is 7.06. The summed E-state index contributed by atoms with van der Waals surface area (Å²) in [5.74, 6) is 0.00674. The summed E-state index contributed by atoms with van der Waals surface area (Å²) in [4.78, 5) is 17.9. The maximum Gasteiger partial charge on any atom is 0.251 e. The minimum absolute atomic E-state index is 0.00674. The summed E-state index contributed by atoms with van der Waals surface area (Å²) in [6, 6.07) is 24.0. The van der Waals surface area contributed by atoms with Crippen LogP contribution in [0.15, 0.2) is 66.7 Å². The van der Waals surface area contributed by atoms with Crippen LogP contribution in [0, 0.1) is 11.3 Å². The van der Waals surface area contributed by atoms with Crippen LogP contribution >= 0.6 is 0 Å². The molecule has 1 N–H and O–H groups in total. The fraction of sp³-hybridized carbons (Fsp3) is 0.355. The molecule has 1 fully saturated rings. The lowest BCUT2D eigenvalue weighted by Gasteiger charge is -2.32. The SMILES string of the molecule is N#Cc1ccc(CN2CCc3ccc(C(=O)NC4CCN(Cc5ccc(CF)cc5)CC4)cc3C2)cc1. The second-order valence-electron chi connectivity index (χ2n) is 10.2. The first-order chi connectivity index (χ1) is 18.1. The summed E-state index contributed by atoms with van der Waals surface area (Å²) < 4.78 is 12.7. The Morgan fingerprint density at radius 2 is 1.51 bits per heavy atom. The Bertz CT molecular complexity index is 1260. The van der Waals surface area contributed by atoms with Crippen molar-refractivity contribution in [2.45, 2.75) is 51.6 Å². The summed E-state index contributed by atoms with van der Waals surface area (Å²) >= 11 is 0. The monoisotopic (exact) mass is 496 g/mol. The fourth-order valence-corrected chi connectivity index (χ4v) is 5.33. The number of likely N-dealkylation sites (tertiary alicyclic amines) is 1. The van der Waals surface area contributed by atoms with Gasteiger partial charge in [0.05, 0.1) is 11.6 Å². The minimum Gasteiger partial charge on any atom is -0.349 e. The topological polar surface area (TPSA) is 59.4 Å². The van der Waals surface area contributed by atoms with Gasteiger partial charge in [0.15, 0.2) is 0 Å². The van der Waals surface area contributed by atoms with E-state index in [0.717, 1.165) is 64.1 Å². The first-order valence-corrected chi connectivity index (χ1v) is 13.1. The summed E-state index contributed by atoms with van der Waals surface area (Å²) in [6.45, 7) is 4.94. The summed E-state index contributed by atoms with van der Waals surface area (Å²) in [7, 11) is 0. The van der Waals surface area contributed by atoms with Crippen molar-refractivity contribution in [1.29, 1.82) is 5.26 Å². The predicted molar refractivity (Wildman–Crippen MR) is 142 cm³/mol. The van der Waals surface area contributed by atoms with Gasteiger partial charge >= 0.3 is 0 Å². The molecule has 5 rings (SSSR count). The molecule has 0 radical (unpaired) electrons. The van der Waals surface area contributed by atoms with Crippen LogP contribution in [0.5, 0.6) is 0 Å². The molecule has 3 aromatic rings. The first-order valence-electron chi connectivity index (χ1n) is 13.1. The number of nitrogens with zero attached hydrogens (tertiary/aromatic N) is 3. The standard InChI is InChI=1S/C31H33FN4O/c32-18-23-1-5-25(6-2-23)20-35-15-12-30(13-16-35)34-31(37)28-10-9-27-11-14-36(22-29(27)17-28)21-26-7-3-24(19-33)4-8-26/h1-10,17,30H,11-16,18,20-22H2,(H,34,37). The third-order valence-electron chi connectivity index (χ3n) is 7.56. The van der Waals surface area contributed by atoms with Crippen LogP contribution in [0.3, 0.4) is 0 Å². The van der Waals surface area contributed by atoms with Crippen molar-refractivity contribution in [2.75, 3.05) is 19.6 Å². The van der Waals surface area contributed by atoms with Gasteiger partial charge in [0.25, 0.3) is 5.91 Å². The van der Waals surface area contributed by atoms with Crippen LogP contribution in [0.25, 0.3) is 0 Å². The zero-order valence-corrected chi connectivity index (χ0v) is 21.1. The number of hydrogen-bond donors (Lipinski definition) is 1. The normalized spacial score (nSPS) is 16.6. The van der Waals surface area contributed by atoms with E-state index in [4.69, 9.17) is 5.26 Å². The molecule has 2 aliphatic rings. The van der Waals surface area contributed by atoms with Gasteiger partial charge in [-0.05, 0) is 71.3 Å². The van der Waals surface area contributed by atoms with Crippen molar-refractivity contribution < 1.29 is 9.18 Å². The van der Waals surface area contributed by atoms with E-state index in [1.165, 1.54) is 22.3 Å². The van der Waals surface area contributed by atoms with Gasteiger partial charge < -0.3 is 5.32 Å². The molecule has 0 aromatic heterocycles. The maximum atomic E-state index is 13.1. The number of carbonyl (C=O) groups excluding carboxylic acids is 1. The van der Waals surface area contributed by atoms with Crippen molar-refractivity contribution in [3.05, 3.63) is 106 Å². The molecule has 3 aromatic carbocycles. The van der Waals surface area contributed by atoms with Gasteiger partial charge in [0, 0.05) is 50.9 Å². The fourth-order valence-electron chi connectivity index (χ4n) is 5.33. The third kappa shape index (κ3) is 6.43. The quantitative estimate of drug-likeness (QED) is 0.501. The second-order valence-corrected chi connectivity index (χ2v) is 10.2. The van der Waals surface area contributed by atoms with E-state index in [1.54, 1.807) is 0 Å². The van der Waals surface area contributed by atoms with Crippen molar-refractivity contribution in [1.82, 2.24) is 15.1 Å². The van der Waals surface area contributed by atoms with Crippen molar-refractivity contribution in [3.8, 4) is 6.07 Å². The first kappa shape index (κ1) is 25.1. The van der Waals surface area contributed by atoms with Gasteiger partial charge in [-0.2, -0.15) is 5.26 Å². The van der Waals surface area contributed by atoms with E-state index in [9.17, 15) is 9.18 Å².